The minimum atomic E-state index is -4.70. The van der Waals surface area contributed by atoms with E-state index >= 15 is 0 Å². The molecular weight excluding hydrogens is 433 g/mol. The molecule has 0 aromatic carbocycles. The average Bonchev–Trinajstić information content (AvgIpc) is 2.96. The first kappa shape index (κ1) is 22.5. The van der Waals surface area contributed by atoms with Crippen molar-refractivity contribution < 1.29 is 35.5 Å². The number of rotatable bonds is 4. The number of fused-ring (bicyclic) bond motifs is 1. The molecule has 0 saturated carbocycles. The first-order valence-electron chi connectivity index (χ1n) is 8.77. The lowest BCUT2D eigenvalue weighted by molar-refractivity contribution is -0.213. The van der Waals surface area contributed by atoms with E-state index in [0.29, 0.717) is 6.07 Å². The molecule has 5 nitrogen and oxygen atoms in total. The molecule has 0 aliphatic rings. The van der Waals surface area contributed by atoms with E-state index in [2.05, 4.69) is 15.3 Å². The van der Waals surface area contributed by atoms with E-state index in [4.69, 9.17) is 0 Å². The summed E-state index contributed by atoms with van der Waals surface area (Å²) in [5.74, 6) is -2.17. The normalized spacial score (nSPS) is 12.9. The summed E-state index contributed by atoms with van der Waals surface area (Å²) < 4.78 is 93.4. The Kier molecular flexibility index (Phi) is 5.45. The molecule has 0 spiro atoms. The van der Waals surface area contributed by atoms with Crippen LogP contribution in [0.4, 0.5) is 36.6 Å². The van der Waals surface area contributed by atoms with Gasteiger partial charge in [0, 0.05) is 18.8 Å². The third kappa shape index (κ3) is 4.62. The van der Waals surface area contributed by atoms with Gasteiger partial charge < -0.3 is 5.32 Å². The maximum Gasteiger partial charge on any atom is 0.416 e. The van der Waals surface area contributed by atoms with Crippen molar-refractivity contribution in [1.82, 2.24) is 14.4 Å². The Morgan fingerprint density at radius 1 is 1.10 bits per heavy atom. The third-order valence-electron chi connectivity index (χ3n) is 4.54. The van der Waals surface area contributed by atoms with Crippen molar-refractivity contribution in [3.63, 3.8) is 0 Å². The number of aromatic nitrogens is 3. The fraction of sp³-hybridized carbons (Fsp3) is 0.316. The lowest BCUT2D eigenvalue weighted by Crippen LogP contribution is -2.36. The van der Waals surface area contributed by atoms with Crippen molar-refractivity contribution in [3.8, 4) is 11.4 Å². The van der Waals surface area contributed by atoms with Gasteiger partial charge in [0.2, 0.25) is 5.91 Å². The lowest BCUT2D eigenvalue weighted by Gasteiger charge is -2.26. The van der Waals surface area contributed by atoms with Crippen molar-refractivity contribution in [3.05, 3.63) is 48.0 Å². The van der Waals surface area contributed by atoms with E-state index in [0.717, 1.165) is 42.8 Å². The summed E-state index contributed by atoms with van der Waals surface area (Å²) in [5, 5.41) is 2.19. The van der Waals surface area contributed by atoms with Crippen LogP contribution in [-0.2, 0) is 11.0 Å². The zero-order valence-electron chi connectivity index (χ0n) is 16.1. The van der Waals surface area contributed by atoms with Crippen LogP contribution < -0.4 is 5.32 Å². The Balaban J connectivity index is 2.08. The van der Waals surface area contributed by atoms with E-state index < -0.39 is 41.5 Å². The molecule has 166 valence electrons. The molecule has 0 radical (unpaired) electrons. The number of nitrogens with zero attached hydrogens (tertiary/aromatic N) is 3. The maximum absolute atomic E-state index is 13.8. The molecule has 0 bridgehead atoms. The number of hydrogen-bond acceptors (Lipinski definition) is 3. The molecule has 3 aromatic heterocycles. The van der Waals surface area contributed by atoms with Gasteiger partial charge in [0.05, 0.1) is 16.7 Å². The molecule has 12 heteroatoms. The second kappa shape index (κ2) is 7.50. The number of carbonyl (C=O) groups is 1. The van der Waals surface area contributed by atoms with Crippen molar-refractivity contribution >= 4 is 17.4 Å². The first-order chi connectivity index (χ1) is 14.2. The topological polar surface area (TPSA) is 59.3 Å². The summed E-state index contributed by atoms with van der Waals surface area (Å²) >= 11 is 0. The number of nitrogens with one attached hydrogen (secondary N) is 1. The SMILES string of the molecule is CC(C)(CC(=O)Nc1nc2ccc(F)cn2c1-c1cc(C(F)(F)F)ccn1)C(F)(F)F. The van der Waals surface area contributed by atoms with Crippen LogP contribution in [0, 0.1) is 11.2 Å². The van der Waals surface area contributed by atoms with Crippen molar-refractivity contribution in [2.24, 2.45) is 5.41 Å². The van der Waals surface area contributed by atoms with Gasteiger partial charge in [-0.25, -0.2) is 9.37 Å². The van der Waals surface area contributed by atoms with Crippen molar-refractivity contribution in [2.75, 3.05) is 5.32 Å². The molecule has 31 heavy (non-hydrogen) atoms. The molecule has 3 rings (SSSR count). The van der Waals surface area contributed by atoms with Gasteiger partial charge in [-0.3, -0.25) is 14.2 Å². The van der Waals surface area contributed by atoms with Crippen LogP contribution in [0.2, 0.25) is 0 Å². The quantitative estimate of drug-likeness (QED) is 0.539. The van der Waals surface area contributed by atoms with Crippen LogP contribution in [0.25, 0.3) is 17.0 Å². The number of carbonyl (C=O) groups excluding carboxylic acids is 1. The molecule has 1 amide bonds. The summed E-state index contributed by atoms with van der Waals surface area (Å²) in [4.78, 5) is 20.2. The maximum atomic E-state index is 13.8. The van der Waals surface area contributed by atoms with Gasteiger partial charge >= 0.3 is 12.4 Å². The molecular formula is C19H15F7N4O. The van der Waals surface area contributed by atoms with Crippen LogP contribution in [0.15, 0.2) is 36.7 Å². The van der Waals surface area contributed by atoms with Gasteiger partial charge in [-0.15, -0.1) is 0 Å². The summed E-state index contributed by atoms with van der Waals surface area (Å²) in [6.45, 7) is 1.67. The largest absolute Gasteiger partial charge is 0.416 e. The van der Waals surface area contributed by atoms with Crippen LogP contribution in [-0.4, -0.2) is 26.5 Å². The monoisotopic (exact) mass is 448 g/mol. The molecule has 0 aliphatic heterocycles. The number of amides is 1. The zero-order chi connectivity index (χ0) is 23.2. The number of anilines is 1. The number of hydrogen-bond donors (Lipinski definition) is 1. The molecule has 3 aromatic rings. The highest BCUT2D eigenvalue weighted by Crippen LogP contribution is 2.41. The summed E-state index contributed by atoms with van der Waals surface area (Å²) in [5.41, 5.74) is -3.89. The van der Waals surface area contributed by atoms with Gasteiger partial charge in [0.1, 0.15) is 17.2 Å². The Morgan fingerprint density at radius 3 is 2.39 bits per heavy atom. The summed E-state index contributed by atoms with van der Waals surface area (Å²) in [7, 11) is 0. The predicted octanol–water partition coefficient (Wildman–Crippen LogP) is 5.47. The standard InChI is InChI=1S/C19H15F7N4O/c1-17(2,19(24,25)26)8-14(31)29-16-15(30-9-11(20)3-4-13(30)28-16)12-7-10(5-6-27-12)18(21,22)23/h3-7,9H,8H2,1-2H3,(H,29,31). The van der Waals surface area contributed by atoms with E-state index in [1.54, 1.807) is 0 Å². The van der Waals surface area contributed by atoms with Crippen LogP contribution in [0.1, 0.15) is 25.8 Å². The highest BCUT2D eigenvalue weighted by molar-refractivity contribution is 5.94. The second-order valence-corrected chi connectivity index (χ2v) is 7.42. The van der Waals surface area contributed by atoms with Gasteiger partial charge in [-0.05, 0) is 24.3 Å². The van der Waals surface area contributed by atoms with Crippen LogP contribution >= 0.6 is 0 Å². The van der Waals surface area contributed by atoms with Gasteiger partial charge in [-0.2, -0.15) is 26.3 Å². The third-order valence-corrected chi connectivity index (χ3v) is 4.54. The average molecular weight is 448 g/mol. The molecule has 0 saturated heterocycles. The van der Waals surface area contributed by atoms with Gasteiger partial charge in [-0.1, -0.05) is 13.8 Å². The predicted molar refractivity (Wildman–Crippen MR) is 96.5 cm³/mol. The Bertz CT molecular complexity index is 1130. The van der Waals surface area contributed by atoms with Crippen molar-refractivity contribution in [2.45, 2.75) is 32.6 Å². The van der Waals surface area contributed by atoms with Gasteiger partial charge in [0.25, 0.3) is 0 Å². The highest BCUT2D eigenvalue weighted by Gasteiger charge is 2.48. The Labute approximate surface area is 170 Å². The fourth-order valence-electron chi connectivity index (χ4n) is 2.76. The molecule has 0 aliphatic carbocycles. The molecule has 0 atom stereocenters. The zero-order valence-corrected chi connectivity index (χ0v) is 16.1. The number of pyridine rings is 2. The van der Waals surface area contributed by atoms with E-state index in [1.807, 2.05) is 0 Å². The minimum absolute atomic E-state index is 0.0426. The van der Waals surface area contributed by atoms with Gasteiger partial charge in [0.15, 0.2) is 5.82 Å². The minimum Gasteiger partial charge on any atom is -0.309 e. The lowest BCUT2D eigenvalue weighted by atomic mass is 9.88. The molecule has 0 fully saturated rings. The second-order valence-electron chi connectivity index (χ2n) is 7.42. The van der Waals surface area contributed by atoms with Crippen LogP contribution in [0.3, 0.4) is 0 Å². The smallest absolute Gasteiger partial charge is 0.309 e. The first-order valence-corrected chi connectivity index (χ1v) is 8.77. The molecule has 3 heterocycles. The summed E-state index contributed by atoms with van der Waals surface area (Å²) in [6, 6.07) is 3.62. The highest BCUT2D eigenvalue weighted by atomic mass is 19.4. The van der Waals surface area contributed by atoms with E-state index in [1.165, 1.54) is 6.07 Å². The Morgan fingerprint density at radius 2 is 1.77 bits per heavy atom. The molecule has 1 N–H and O–H groups in total. The van der Waals surface area contributed by atoms with E-state index in [-0.39, 0.29) is 22.9 Å². The van der Waals surface area contributed by atoms with E-state index in [9.17, 15) is 35.5 Å². The Hall–Kier alpha value is -3.18. The number of imidazole rings is 1. The van der Waals surface area contributed by atoms with Crippen LogP contribution in [0.5, 0.6) is 0 Å². The number of alkyl halides is 6. The van der Waals surface area contributed by atoms with Crippen molar-refractivity contribution in [1.29, 1.82) is 0 Å². The number of halogens is 7. The fourth-order valence-corrected chi connectivity index (χ4v) is 2.76. The summed E-state index contributed by atoms with van der Waals surface area (Å²) in [6.07, 6.45) is -8.56. The molecule has 0 unspecified atom stereocenters.